The molecule has 0 radical (unpaired) electrons. The number of hydrogen-bond donors (Lipinski definition) is 0. The Kier molecular flexibility index (Phi) is 3.76. The monoisotopic (exact) mass is 258 g/mol. The highest BCUT2D eigenvalue weighted by atomic mass is 19.1. The smallest absolute Gasteiger partial charge is 0.143 e. The van der Waals surface area contributed by atoms with Crippen molar-refractivity contribution in [1.82, 2.24) is 0 Å². The SMILES string of the molecule is CN(Cc1cccc(F)c1)c1cccc(F)c1C#N. The highest BCUT2D eigenvalue weighted by Gasteiger charge is 2.12. The molecule has 0 heterocycles. The van der Waals surface area contributed by atoms with Crippen molar-refractivity contribution in [2.75, 3.05) is 11.9 Å². The Balaban J connectivity index is 2.28. The van der Waals surface area contributed by atoms with Crippen LogP contribution in [0.25, 0.3) is 0 Å². The van der Waals surface area contributed by atoms with Gasteiger partial charge in [0.25, 0.3) is 0 Å². The fourth-order valence-corrected chi connectivity index (χ4v) is 1.94. The van der Waals surface area contributed by atoms with Gasteiger partial charge in [0, 0.05) is 13.6 Å². The minimum atomic E-state index is -0.550. The van der Waals surface area contributed by atoms with Crippen LogP contribution in [0, 0.1) is 23.0 Å². The second-order valence-corrected chi connectivity index (χ2v) is 4.23. The second kappa shape index (κ2) is 5.49. The van der Waals surface area contributed by atoms with Gasteiger partial charge in [-0.05, 0) is 29.8 Å². The molecule has 2 nitrogen and oxygen atoms in total. The van der Waals surface area contributed by atoms with Crippen LogP contribution in [-0.4, -0.2) is 7.05 Å². The lowest BCUT2D eigenvalue weighted by molar-refractivity contribution is 0.621. The van der Waals surface area contributed by atoms with Gasteiger partial charge in [-0.25, -0.2) is 8.78 Å². The number of anilines is 1. The number of nitrogens with zero attached hydrogens (tertiary/aromatic N) is 2. The van der Waals surface area contributed by atoms with E-state index in [1.54, 1.807) is 36.2 Å². The molecule has 0 aliphatic rings. The lowest BCUT2D eigenvalue weighted by atomic mass is 10.1. The summed E-state index contributed by atoms with van der Waals surface area (Å²) >= 11 is 0. The molecule has 0 amide bonds. The maximum atomic E-state index is 13.5. The molecule has 0 saturated carbocycles. The van der Waals surface area contributed by atoms with Crippen molar-refractivity contribution in [1.29, 1.82) is 5.26 Å². The van der Waals surface area contributed by atoms with Gasteiger partial charge in [0.05, 0.1) is 5.69 Å². The normalized spacial score (nSPS) is 10.0. The number of hydrogen-bond acceptors (Lipinski definition) is 2. The molecule has 0 spiro atoms. The predicted molar refractivity (Wildman–Crippen MR) is 69.6 cm³/mol. The highest BCUT2D eigenvalue weighted by Crippen LogP contribution is 2.23. The molecule has 0 saturated heterocycles. The van der Waals surface area contributed by atoms with Crippen molar-refractivity contribution in [3.8, 4) is 6.07 Å². The molecular formula is C15H12F2N2. The van der Waals surface area contributed by atoms with Crippen molar-refractivity contribution in [3.63, 3.8) is 0 Å². The third kappa shape index (κ3) is 2.89. The Morgan fingerprint density at radius 3 is 2.58 bits per heavy atom. The van der Waals surface area contributed by atoms with Crippen molar-refractivity contribution in [2.45, 2.75) is 6.54 Å². The van der Waals surface area contributed by atoms with E-state index in [2.05, 4.69) is 0 Å². The predicted octanol–water partition coefficient (Wildman–Crippen LogP) is 3.47. The molecule has 19 heavy (non-hydrogen) atoms. The molecule has 2 rings (SSSR count). The zero-order valence-electron chi connectivity index (χ0n) is 10.4. The summed E-state index contributed by atoms with van der Waals surface area (Å²) in [7, 11) is 1.74. The summed E-state index contributed by atoms with van der Waals surface area (Å²) in [6.45, 7) is 0.399. The lowest BCUT2D eigenvalue weighted by Gasteiger charge is -2.20. The maximum Gasteiger partial charge on any atom is 0.143 e. The van der Waals surface area contributed by atoms with E-state index in [-0.39, 0.29) is 11.4 Å². The zero-order chi connectivity index (χ0) is 13.8. The third-order valence-electron chi connectivity index (χ3n) is 2.82. The van der Waals surface area contributed by atoms with Gasteiger partial charge in [-0.1, -0.05) is 18.2 Å². The van der Waals surface area contributed by atoms with E-state index in [1.165, 1.54) is 18.2 Å². The Hall–Kier alpha value is -2.41. The van der Waals surface area contributed by atoms with Crippen LogP contribution in [0.15, 0.2) is 42.5 Å². The molecule has 0 aliphatic heterocycles. The van der Waals surface area contributed by atoms with E-state index < -0.39 is 5.82 Å². The van der Waals surface area contributed by atoms with Gasteiger partial charge in [-0.2, -0.15) is 5.26 Å². The topological polar surface area (TPSA) is 27.0 Å². The van der Waals surface area contributed by atoms with Gasteiger partial charge in [-0.15, -0.1) is 0 Å². The van der Waals surface area contributed by atoms with Crippen LogP contribution in [0.5, 0.6) is 0 Å². The van der Waals surface area contributed by atoms with Crippen molar-refractivity contribution in [3.05, 3.63) is 65.2 Å². The summed E-state index contributed by atoms with van der Waals surface area (Å²) in [5.74, 6) is -0.864. The second-order valence-electron chi connectivity index (χ2n) is 4.23. The first-order valence-corrected chi connectivity index (χ1v) is 5.76. The summed E-state index contributed by atoms with van der Waals surface area (Å²) < 4.78 is 26.6. The van der Waals surface area contributed by atoms with Crippen molar-refractivity contribution >= 4 is 5.69 Å². The summed E-state index contributed by atoms with van der Waals surface area (Å²) in [5.41, 5.74) is 1.25. The van der Waals surface area contributed by atoms with Gasteiger partial charge < -0.3 is 4.90 Å². The first-order chi connectivity index (χ1) is 9.11. The van der Waals surface area contributed by atoms with Gasteiger partial charge in [0.1, 0.15) is 23.3 Å². The van der Waals surface area contributed by atoms with Crippen molar-refractivity contribution in [2.24, 2.45) is 0 Å². The van der Waals surface area contributed by atoms with Gasteiger partial charge in [0.15, 0.2) is 0 Å². The average molecular weight is 258 g/mol. The standard InChI is InChI=1S/C15H12F2N2/c1-19(10-11-4-2-5-12(16)8-11)15-7-3-6-14(17)13(15)9-18/h2-8H,10H2,1H3. The number of rotatable bonds is 3. The van der Waals surface area contributed by atoms with E-state index in [9.17, 15) is 8.78 Å². The Bertz CT molecular complexity index is 632. The minimum absolute atomic E-state index is 0.00130. The van der Waals surface area contributed by atoms with Gasteiger partial charge in [0.2, 0.25) is 0 Å². The van der Waals surface area contributed by atoms with E-state index in [0.29, 0.717) is 12.2 Å². The minimum Gasteiger partial charge on any atom is -0.369 e. The van der Waals surface area contributed by atoms with Crippen LogP contribution in [0.2, 0.25) is 0 Å². The summed E-state index contributed by atoms with van der Waals surface area (Å²) in [6, 6.07) is 12.5. The molecule has 0 N–H and O–H groups in total. The van der Waals surface area contributed by atoms with Crippen molar-refractivity contribution < 1.29 is 8.78 Å². The van der Waals surface area contributed by atoms with Gasteiger partial charge in [-0.3, -0.25) is 0 Å². The van der Waals surface area contributed by atoms with E-state index >= 15 is 0 Å². The van der Waals surface area contributed by atoms with E-state index in [0.717, 1.165) is 5.56 Å². The third-order valence-corrected chi connectivity index (χ3v) is 2.82. The molecule has 96 valence electrons. The summed E-state index contributed by atoms with van der Waals surface area (Å²) in [6.07, 6.45) is 0. The van der Waals surface area contributed by atoms with E-state index in [1.807, 2.05) is 6.07 Å². The fourth-order valence-electron chi connectivity index (χ4n) is 1.94. The van der Waals surface area contributed by atoms with Gasteiger partial charge >= 0.3 is 0 Å². The number of nitriles is 1. The number of benzene rings is 2. The molecule has 2 aromatic carbocycles. The Morgan fingerprint density at radius 1 is 1.16 bits per heavy atom. The van der Waals surface area contributed by atoms with Crippen LogP contribution in [0.4, 0.5) is 14.5 Å². The van der Waals surface area contributed by atoms with Crippen LogP contribution < -0.4 is 4.90 Å². The molecular weight excluding hydrogens is 246 g/mol. The Labute approximate surface area is 110 Å². The van der Waals surface area contributed by atoms with Crippen LogP contribution >= 0.6 is 0 Å². The molecule has 0 atom stereocenters. The van der Waals surface area contributed by atoms with Crippen LogP contribution in [-0.2, 0) is 6.54 Å². The average Bonchev–Trinajstić information content (AvgIpc) is 2.38. The van der Waals surface area contributed by atoms with Crippen LogP contribution in [0.1, 0.15) is 11.1 Å². The fraction of sp³-hybridized carbons (Fsp3) is 0.133. The zero-order valence-corrected chi connectivity index (χ0v) is 10.4. The lowest BCUT2D eigenvalue weighted by Crippen LogP contribution is -2.18. The van der Waals surface area contributed by atoms with Crippen LogP contribution in [0.3, 0.4) is 0 Å². The maximum absolute atomic E-state index is 13.5. The Morgan fingerprint density at radius 2 is 1.89 bits per heavy atom. The van der Waals surface area contributed by atoms with E-state index in [4.69, 9.17) is 5.26 Å². The molecule has 0 fully saturated rings. The molecule has 0 unspecified atom stereocenters. The largest absolute Gasteiger partial charge is 0.369 e. The molecule has 0 bridgehead atoms. The molecule has 2 aromatic rings. The molecule has 0 aliphatic carbocycles. The number of halogens is 2. The summed E-state index contributed by atoms with van der Waals surface area (Å²) in [4.78, 5) is 1.72. The quantitative estimate of drug-likeness (QED) is 0.842. The summed E-state index contributed by atoms with van der Waals surface area (Å²) in [5, 5.41) is 8.98. The first-order valence-electron chi connectivity index (χ1n) is 5.76. The highest BCUT2D eigenvalue weighted by molar-refractivity contribution is 5.59. The molecule has 0 aromatic heterocycles. The first kappa shape index (κ1) is 13.0. The molecule has 4 heteroatoms.